The van der Waals surface area contributed by atoms with Gasteiger partial charge in [0.2, 0.25) is 0 Å². The maximum atomic E-state index is 10.6. The maximum Gasteiger partial charge on any atom is 0.307 e. The molecule has 0 amide bonds. The molecule has 0 aromatic heterocycles. The summed E-state index contributed by atoms with van der Waals surface area (Å²) in [4.78, 5) is 10.6. The molecular weight excluding hydrogens is 228 g/mol. The highest BCUT2D eigenvalue weighted by molar-refractivity contribution is 8.11. The van der Waals surface area contributed by atoms with Crippen molar-refractivity contribution >= 4 is 41.1 Å². The van der Waals surface area contributed by atoms with Crippen molar-refractivity contribution in [2.45, 2.75) is 6.42 Å². The second kappa shape index (κ2) is 5.09. The zero-order valence-corrected chi connectivity index (χ0v) is 9.65. The molecule has 0 spiro atoms. The SMILES string of the molecule is C=Cc1ccc(C(=S)S)c(CC(=O)O)c1. The summed E-state index contributed by atoms with van der Waals surface area (Å²) in [6.07, 6.45) is 1.61. The molecule has 0 atom stereocenters. The van der Waals surface area contributed by atoms with Crippen molar-refractivity contribution in [3.63, 3.8) is 0 Å². The lowest BCUT2D eigenvalue weighted by molar-refractivity contribution is -0.136. The molecule has 0 fully saturated rings. The van der Waals surface area contributed by atoms with Crippen LogP contribution >= 0.6 is 24.8 Å². The van der Waals surface area contributed by atoms with E-state index in [0.717, 1.165) is 5.56 Å². The lowest BCUT2D eigenvalue weighted by Gasteiger charge is -2.06. The molecule has 0 unspecified atom stereocenters. The number of carbonyl (C=O) groups is 1. The molecule has 2 nitrogen and oxygen atoms in total. The smallest absolute Gasteiger partial charge is 0.307 e. The zero-order chi connectivity index (χ0) is 11.4. The molecule has 4 heteroatoms. The Kier molecular flexibility index (Phi) is 4.05. The predicted molar refractivity (Wildman–Crippen MR) is 68.6 cm³/mol. The van der Waals surface area contributed by atoms with Gasteiger partial charge in [0, 0.05) is 5.56 Å². The molecule has 0 saturated carbocycles. The van der Waals surface area contributed by atoms with Gasteiger partial charge in [-0.25, -0.2) is 0 Å². The first-order valence-corrected chi connectivity index (χ1v) is 5.10. The lowest BCUT2D eigenvalue weighted by Crippen LogP contribution is -2.05. The standard InChI is InChI=1S/C11H10O2S2/c1-2-7-3-4-9(11(14)15)8(5-7)6-10(12)13/h2-5H,1,6H2,(H,12,13)(H,14,15). The minimum absolute atomic E-state index is 0.0578. The van der Waals surface area contributed by atoms with Crippen LogP contribution in [0.4, 0.5) is 0 Å². The molecule has 0 radical (unpaired) electrons. The largest absolute Gasteiger partial charge is 0.481 e. The molecule has 1 aromatic carbocycles. The van der Waals surface area contributed by atoms with Crippen LogP contribution in [0.1, 0.15) is 16.7 Å². The van der Waals surface area contributed by atoms with Crippen LogP contribution in [0, 0.1) is 0 Å². The molecule has 0 aliphatic heterocycles. The number of thiocarbonyl (C=S) groups is 1. The average molecular weight is 238 g/mol. The highest BCUT2D eigenvalue weighted by Gasteiger charge is 2.09. The highest BCUT2D eigenvalue weighted by Crippen LogP contribution is 2.16. The second-order valence-corrected chi connectivity index (χ2v) is 4.15. The van der Waals surface area contributed by atoms with Gasteiger partial charge in [0.15, 0.2) is 0 Å². The molecule has 0 saturated heterocycles. The Labute approximate surface area is 99.0 Å². The summed E-state index contributed by atoms with van der Waals surface area (Å²) in [5.41, 5.74) is 2.24. The van der Waals surface area contributed by atoms with E-state index in [-0.39, 0.29) is 6.42 Å². The van der Waals surface area contributed by atoms with E-state index in [9.17, 15) is 4.79 Å². The third-order valence-electron chi connectivity index (χ3n) is 1.94. The van der Waals surface area contributed by atoms with E-state index in [1.165, 1.54) is 0 Å². The van der Waals surface area contributed by atoms with Crippen LogP contribution in [0.3, 0.4) is 0 Å². The number of aliphatic carboxylic acids is 1. The van der Waals surface area contributed by atoms with Gasteiger partial charge < -0.3 is 5.11 Å². The van der Waals surface area contributed by atoms with Crippen LogP contribution in [0.15, 0.2) is 24.8 Å². The van der Waals surface area contributed by atoms with E-state index >= 15 is 0 Å². The van der Waals surface area contributed by atoms with E-state index in [2.05, 4.69) is 19.2 Å². The van der Waals surface area contributed by atoms with E-state index in [1.807, 2.05) is 6.07 Å². The van der Waals surface area contributed by atoms with Crippen LogP contribution in [0.2, 0.25) is 0 Å². The summed E-state index contributed by atoms with van der Waals surface area (Å²) in [5, 5.41) is 8.74. The second-order valence-electron chi connectivity index (χ2n) is 3.00. The summed E-state index contributed by atoms with van der Waals surface area (Å²) in [6, 6.07) is 5.36. The van der Waals surface area contributed by atoms with Crippen LogP contribution in [-0.2, 0) is 11.2 Å². The highest BCUT2D eigenvalue weighted by atomic mass is 32.1. The van der Waals surface area contributed by atoms with Crippen molar-refractivity contribution in [2.75, 3.05) is 0 Å². The minimum atomic E-state index is -0.887. The Balaban J connectivity index is 3.21. The van der Waals surface area contributed by atoms with Crippen molar-refractivity contribution in [1.82, 2.24) is 0 Å². The number of rotatable bonds is 4. The molecule has 1 N–H and O–H groups in total. The molecule has 0 aliphatic carbocycles. The normalized spacial score (nSPS) is 9.67. The molecule has 78 valence electrons. The number of thiol groups is 1. The summed E-state index contributed by atoms with van der Waals surface area (Å²) in [7, 11) is 0. The van der Waals surface area contributed by atoms with Gasteiger partial charge in [-0.1, -0.05) is 43.1 Å². The fourth-order valence-corrected chi connectivity index (χ4v) is 1.68. The quantitative estimate of drug-likeness (QED) is 0.625. The Morgan fingerprint density at radius 1 is 1.60 bits per heavy atom. The summed E-state index contributed by atoms with van der Waals surface area (Å²) >= 11 is 8.98. The zero-order valence-electron chi connectivity index (χ0n) is 7.93. The van der Waals surface area contributed by atoms with Gasteiger partial charge in [-0.15, -0.1) is 12.6 Å². The molecule has 0 heterocycles. The molecule has 0 aliphatic rings. The van der Waals surface area contributed by atoms with Crippen molar-refractivity contribution < 1.29 is 9.90 Å². The van der Waals surface area contributed by atoms with Gasteiger partial charge in [0.1, 0.15) is 0 Å². The third kappa shape index (κ3) is 3.18. The van der Waals surface area contributed by atoms with Crippen molar-refractivity contribution in [1.29, 1.82) is 0 Å². The predicted octanol–water partition coefficient (Wildman–Crippen LogP) is 2.56. The van der Waals surface area contributed by atoms with E-state index in [0.29, 0.717) is 15.3 Å². The number of carboxylic acid groups (broad SMARTS) is 1. The summed E-state index contributed by atoms with van der Waals surface area (Å²) in [6.45, 7) is 3.63. The topological polar surface area (TPSA) is 37.3 Å². The molecular formula is C11H10O2S2. The summed E-state index contributed by atoms with van der Waals surface area (Å²) in [5.74, 6) is -0.887. The Hall–Kier alpha value is -1.13. The van der Waals surface area contributed by atoms with E-state index in [1.54, 1.807) is 18.2 Å². The number of benzene rings is 1. The minimum Gasteiger partial charge on any atom is -0.481 e. The Morgan fingerprint density at radius 3 is 2.73 bits per heavy atom. The first-order valence-electron chi connectivity index (χ1n) is 4.25. The molecule has 1 rings (SSSR count). The van der Waals surface area contributed by atoms with Crippen LogP contribution in [0.5, 0.6) is 0 Å². The first kappa shape index (κ1) is 11.9. The molecule has 1 aromatic rings. The summed E-state index contributed by atoms with van der Waals surface area (Å²) < 4.78 is 0.405. The fraction of sp³-hybridized carbons (Fsp3) is 0.0909. The van der Waals surface area contributed by atoms with Crippen LogP contribution in [-0.4, -0.2) is 15.3 Å². The van der Waals surface area contributed by atoms with Gasteiger partial charge in [0.05, 0.1) is 10.6 Å². The van der Waals surface area contributed by atoms with Crippen molar-refractivity contribution in [3.05, 3.63) is 41.5 Å². The van der Waals surface area contributed by atoms with Crippen molar-refractivity contribution in [2.24, 2.45) is 0 Å². The van der Waals surface area contributed by atoms with Gasteiger partial charge in [-0.05, 0) is 11.1 Å². The van der Waals surface area contributed by atoms with Crippen molar-refractivity contribution in [3.8, 4) is 0 Å². The van der Waals surface area contributed by atoms with Crippen LogP contribution < -0.4 is 0 Å². The number of hydrogen-bond donors (Lipinski definition) is 2. The third-order valence-corrected chi connectivity index (χ3v) is 2.40. The maximum absolute atomic E-state index is 10.6. The Morgan fingerprint density at radius 2 is 2.27 bits per heavy atom. The van der Waals surface area contributed by atoms with Gasteiger partial charge >= 0.3 is 5.97 Å². The monoisotopic (exact) mass is 238 g/mol. The van der Waals surface area contributed by atoms with Gasteiger partial charge in [-0.3, -0.25) is 4.79 Å². The number of hydrogen-bond acceptors (Lipinski definition) is 2. The van der Waals surface area contributed by atoms with E-state index < -0.39 is 5.97 Å². The van der Waals surface area contributed by atoms with Gasteiger partial charge in [0.25, 0.3) is 0 Å². The molecule has 15 heavy (non-hydrogen) atoms. The van der Waals surface area contributed by atoms with E-state index in [4.69, 9.17) is 17.3 Å². The Bertz CT molecular complexity index is 425. The fourth-order valence-electron chi connectivity index (χ4n) is 1.26. The first-order chi connectivity index (χ1) is 7.04. The lowest BCUT2D eigenvalue weighted by atomic mass is 10.0. The molecule has 0 bridgehead atoms. The van der Waals surface area contributed by atoms with Crippen LogP contribution in [0.25, 0.3) is 6.08 Å². The average Bonchev–Trinajstić information content (AvgIpc) is 2.16. The number of carboxylic acids is 1. The van der Waals surface area contributed by atoms with Gasteiger partial charge in [-0.2, -0.15) is 0 Å².